The number of para-hydroxylation sites is 1. The van der Waals surface area contributed by atoms with Gasteiger partial charge in [-0.3, -0.25) is 0 Å². The van der Waals surface area contributed by atoms with E-state index in [0.29, 0.717) is 11.6 Å². The highest BCUT2D eigenvalue weighted by Crippen LogP contribution is 2.39. The average Bonchev–Trinajstić information content (AvgIpc) is 3.11. The molecule has 2 N–H and O–H groups in total. The Morgan fingerprint density at radius 3 is 2.94 bits per heavy atom. The van der Waals surface area contributed by atoms with Crippen LogP contribution in [0.2, 0.25) is 0 Å². The number of aromatic carboxylic acids is 1. The van der Waals surface area contributed by atoms with Crippen LogP contribution in [0, 0.1) is 0 Å². The molecule has 4 nitrogen and oxygen atoms in total. The largest absolute Gasteiger partial charge is 0.478 e. The smallest absolute Gasteiger partial charge is 0.337 e. The molecule has 0 aromatic heterocycles. The van der Waals surface area contributed by atoms with Crippen molar-refractivity contribution < 1.29 is 9.90 Å². The number of nitrogens with zero attached hydrogens (tertiary/aromatic N) is 1. The fourth-order valence-corrected chi connectivity index (χ4v) is 2.33. The van der Waals surface area contributed by atoms with Crippen molar-refractivity contribution in [1.29, 1.82) is 0 Å². The van der Waals surface area contributed by atoms with Gasteiger partial charge in [0.1, 0.15) is 0 Å². The lowest BCUT2D eigenvalue weighted by atomic mass is 10.1. The number of carboxylic acid groups (broad SMARTS) is 1. The first-order valence-corrected chi connectivity index (χ1v) is 5.64. The molecule has 0 saturated heterocycles. The molecule has 84 valence electrons. The fourth-order valence-electron chi connectivity index (χ4n) is 2.33. The predicted molar refractivity (Wildman–Crippen MR) is 62.3 cm³/mol. The van der Waals surface area contributed by atoms with Crippen LogP contribution in [0.4, 0.5) is 11.4 Å². The second-order valence-corrected chi connectivity index (χ2v) is 4.36. The lowest BCUT2D eigenvalue weighted by Gasteiger charge is -2.32. The molecular weight excluding hydrogens is 204 g/mol. The second kappa shape index (κ2) is 3.40. The summed E-state index contributed by atoms with van der Waals surface area (Å²) in [6.07, 6.45) is 2.47. The standard InChI is InChI=1S/C12H14N2O2/c15-12(16)9-2-1-3-10-11(9)13-6-7-14(10)8-4-5-8/h1-3,8,13H,4-7H2,(H,15,16). The predicted octanol–water partition coefficient (Wildman–Crippen LogP) is 1.78. The Balaban J connectivity index is 2.07. The molecule has 2 aliphatic rings. The molecule has 1 aliphatic heterocycles. The minimum atomic E-state index is -0.859. The summed E-state index contributed by atoms with van der Waals surface area (Å²) < 4.78 is 0. The van der Waals surface area contributed by atoms with E-state index in [1.54, 1.807) is 6.07 Å². The normalized spacial score (nSPS) is 18.9. The number of carboxylic acids is 1. The van der Waals surface area contributed by atoms with Crippen LogP contribution in [0.5, 0.6) is 0 Å². The van der Waals surface area contributed by atoms with Gasteiger partial charge >= 0.3 is 5.97 Å². The van der Waals surface area contributed by atoms with Crippen LogP contribution in [0.25, 0.3) is 0 Å². The Hall–Kier alpha value is -1.71. The SMILES string of the molecule is O=C(O)c1cccc2c1NCCN2C1CC1. The second-order valence-electron chi connectivity index (χ2n) is 4.36. The third-order valence-corrected chi connectivity index (χ3v) is 3.22. The molecule has 0 bridgehead atoms. The number of nitrogens with one attached hydrogen (secondary N) is 1. The van der Waals surface area contributed by atoms with Crippen molar-refractivity contribution in [2.75, 3.05) is 23.3 Å². The molecule has 0 unspecified atom stereocenters. The van der Waals surface area contributed by atoms with E-state index in [-0.39, 0.29) is 0 Å². The molecule has 1 heterocycles. The van der Waals surface area contributed by atoms with Gasteiger partial charge in [0.05, 0.1) is 16.9 Å². The van der Waals surface area contributed by atoms with Crippen LogP contribution in [-0.2, 0) is 0 Å². The molecule has 1 aromatic carbocycles. The van der Waals surface area contributed by atoms with Gasteiger partial charge in [0.2, 0.25) is 0 Å². The molecule has 0 amide bonds. The molecular formula is C12H14N2O2. The van der Waals surface area contributed by atoms with E-state index in [9.17, 15) is 4.79 Å². The van der Waals surface area contributed by atoms with Gasteiger partial charge in [-0.25, -0.2) is 4.79 Å². The monoisotopic (exact) mass is 218 g/mol. The maximum Gasteiger partial charge on any atom is 0.337 e. The van der Waals surface area contributed by atoms with Crippen LogP contribution < -0.4 is 10.2 Å². The van der Waals surface area contributed by atoms with E-state index < -0.39 is 5.97 Å². The maximum atomic E-state index is 11.1. The van der Waals surface area contributed by atoms with Crippen molar-refractivity contribution in [2.24, 2.45) is 0 Å². The summed E-state index contributed by atoms with van der Waals surface area (Å²) in [7, 11) is 0. The summed E-state index contributed by atoms with van der Waals surface area (Å²) in [4.78, 5) is 13.4. The summed E-state index contributed by atoms with van der Waals surface area (Å²) >= 11 is 0. The van der Waals surface area contributed by atoms with Gasteiger partial charge in [0.15, 0.2) is 0 Å². The topological polar surface area (TPSA) is 52.6 Å². The fraction of sp³-hybridized carbons (Fsp3) is 0.417. The molecule has 0 radical (unpaired) electrons. The first-order chi connectivity index (χ1) is 7.77. The van der Waals surface area contributed by atoms with E-state index >= 15 is 0 Å². The highest BCUT2D eigenvalue weighted by molar-refractivity contribution is 5.98. The van der Waals surface area contributed by atoms with E-state index in [4.69, 9.17) is 5.11 Å². The summed E-state index contributed by atoms with van der Waals surface area (Å²) in [6.45, 7) is 1.80. The molecule has 3 rings (SSSR count). The number of benzene rings is 1. The van der Waals surface area contributed by atoms with Crippen LogP contribution in [0.15, 0.2) is 18.2 Å². The quantitative estimate of drug-likeness (QED) is 0.794. The Labute approximate surface area is 93.9 Å². The van der Waals surface area contributed by atoms with Gasteiger partial charge < -0.3 is 15.3 Å². The van der Waals surface area contributed by atoms with Gasteiger partial charge in [-0.2, -0.15) is 0 Å². The summed E-state index contributed by atoms with van der Waals surface area (Å²) in [5, 5.41) is 12.3. The molecule has 1 aliphatic carbocycles. The minimum Gasteiger partial charge on any atom is -0.478 e. The highest BCUT2D eigenvalue weighted by atomic mass is 16.4. The van der Waals surface area contributed by atoms with Crippen molar-refractivity contribution in [3.8, 4) is 0 Å². The van der Waals surface area contributed by atoms with Gasteiger partial charge in [0, 0.05) is 19.1 Å². The summed E-state index contributed by atoms with van der Waals surface area (Å²) in [5.74, 6) is -0.859. The van der Waals surface area contributed by atoms with E-state index in [2.05, 4.69) is 10.2 Å². The highest BCUT2D eigenvalue weighted by Gasteiger charge is 2.33. The number of hydrogen-bond acceptors (Lipinski definition) is 3. The third-order valence-electron chi connectivity index (χ3n) is 3.22. The van der Waals surface area contributed by atoms with Crippen LogP contribution >= 0.6 is 0 Å². The zero-order chi connectivity index (χ0) is 11.1. The van der Waals surface area contributed by atoms with Crippen molar-refractivity contribution in [1.82, 2.24) is 0 Å². The van der Waals surface area contributed by atoms with Crippen molar-refractivity contribution in [2.45, 2.75) is 18.9 Å². The molecule has 16 heavy (non-hydrogen) atoms. The van der Waals surface area contributed by atoms with Crippen molar-refractivity contribution in [3.63, 3.8) is 0 Å². The van der Waals surface area contributed by atoms with E-state index in [1.165, 1.54) is 12.8 Å². The average molecular weight is 218 g/mol. The van der Waals surface area contributed by atoms with Gasteiger partial charge in [-0.15, -0.1) is 0 Å². The first-order valence-electron chi connectivity index (χ1n) is 5.64. The van der Waals surface area contributed by atoms with Crippen molar-refractivity contribution >= 4 is 17.3 Å². The molecule has 0 atom stereocenters. The lowest BCUT2D eigenvalue weighted by molar-refractivity contribution is 0.0698. The zero-order valence-corrected chi connectivity index (χ0v) is 8.94. The Morgan fingerprint density at radius 1 is 1.44 bits per heavy atom. The number of hydrogen-bond donors (Lipinski definition) is 2. The number of fused-ring (bicyclic) bond motifs is 1. The van der Waals surface area contributed by atoms with Crippen LogP contribution in [0.1, 0.15) is 23.2 Å². The zero-order valence-electron chi connectivity index (χ0n) is 8.94. The first kappa shape index (κ1) is 9.51. The Morgan fingerprint density at radius 2 is 2.25 bits per heavy atom. The number of anilines is 2. The van der Waals surface area contributed by atoms with E-state index in [1.807, 2.05) is 12.1 Å². The van der Waals surface area contributed by atoms with Crippen molar-refractivity contribution in [3.05, 3.63) is 23.8 Å². The maximum absolute atomic E-state index is 11.1. The van der Waals surface area contributed by atoms with Gasteiger partial charge in [-0.05, 0) is 25.0 Å². The summed E-state index contributed by atoms with van der Waals surface area (Å²) in [6, 6.07) is 6.12. The Kier molecular flexibility index (Phi) is 2.02. The molecule has 1 fully saturated rings. The molecule has 1 aromatic rings. The van der Waals surface area contributed by atoms with E-state index in [0.717, 1.165) is 24.5 Å². The van der Waals surface area contributed by atoms with Gasteiger partial charge in [0.25, 0.3) is 0 Å². The minimum absolute atomic E-state index is 0.378. The van der Waals surface area contributed by atoms with Crippen LogP contribution in [0.3, 0.4) is 0 Å². The molecule has 1 saturated carbocycles. The number of carbonyl (C=O) groups is 1. The lowest BCUT2D eigenvalue weighted by Crippen LogP contribution is -2.36. The molecule has 4 heteroatoms. The number of rotatable bonds is 2. The molecule has 0 spiro atoms. The van der Waals surface area contributed by atoms with Crippen LogP contribution in [-0.4, -0.2) is 30.2 Å². The summed E-state index contributed by atoms with van der Waals surface area (Å²) in [5.41, 5.74) is 2.21. The third kappa shape index (κ3) is 1.41. The van der Waals surface area contributed by atoms with Gasteiger partial charge in [-0.1, -0.05) is 6.07 Å². The Bertz CT molecular complexity index is 441.